The van der Waals surface area contributed by atoms with Crippen LogP contribution in [0.5, 0.6) is 0 Å². The molecule has 16 heteroatoms. The van der Waals surface area contributed by atoms with Gasteiger partial charge in [0.25, 0.3) is 0 Å². The predicted octanol–water partition coefficient (Wildman–Crippen LogP) is 6.62. The van der Waals surface area contributed by atoms with Crippen LogP contribution in [-0.2, 0) is 48.4 Å². The number of nitrogens with one attached hydrogen (secondary N) is 1. The van der Waals surface area contributed by atoms with E-state index in [9.17, 15) is 14.4 Å². The lowest BCUT2D eigenvalue weighted by Gasteiger charge is -2.27. The quantitative estimate of drug-likeness (QED) is 0.0559. The van der Waals surface area contributed by atoms with Crippen molar-refractivity contribution in [1.29, 1.82) is 0 Å². The summed E-state index contributed by atoms with van der Waals surface area (Å²) in [6.07, 6.45) is 7.01. The molecule has 3 heterocycles. The number of ether oxygens (including phenoxy) is 3. The van der Waals surface area contributed by atoms with Crippen LogP contribution in [0, 0.1) is 16.2 Å². The van der Waals surface area contributed by atoms with Crippen molar-refractivity contribution >= 4 is 17.9 Å². The van der Waals surface area contributed by atoms with Crippen molar-refractivity contribution in [3.05, 3.63) is 143 Å². The van der Waals surface area contributed by atoms with Gasteiger partial charge >= 0.3 is 17.9 Å². The molecule has 64 heavy (non-hydrogen) atoms. The molecule has 0 amide bonds. The predicted molar refractivity (Wildman–Crippen MR) is 237 cm³/mol. The minimum absolute atomic E-state index is 0.214. The summed E-state index contributed by atoms with van der Waals surface area (Å²) in [5.74, 6) is -1.13. The first kappa shape index (κ1) is 46.9. The molecule has 0 aliphatic heterocycles. The van der Waals surface area contributed by atoms with Crippen molar-refractivity contribution in [3.8, 4) is 0 Å². The van der Waals surface area contributed by atoms with E-state index in [0.717, 1.165) is 22.4 Å². The van der Waals surface area contributed by atoms with Gasteiger partial charge in [-0.1, -0.05) is 101 Å². The van der Waals surface area contributed by atoms with Crippen LogP contribution >= 0.6 is 0 Å². The van der Waals surface area contributed by atoms with E-state index in [-0.39, 0.29) is 42.6 Å². The molecule has 1 N–H and O–H groups in total. The molecule has 3 unspecified atom stereocenters. The number of benzene rings is 3. The van der Waals surface area contributed by atoms with Gasteiger partial charge in [-0.2, -0.15) is 5.10 Å². The number of hydrogen-bond donors (Lipinski definition) is 0. The van der Waals surface area contributed by atoms with Crippen molar-refractivity contribution in [3.63, 3.8) is 0 Å². The highest BCUT2D eigenvalue weighted by Gasteiger charge is 2.38. The Balaban J connectivity index is 1.34. The monoisotopic (exact) mass is 873 g/mol. The first-order valence-electron chi connectivity index (χ1n) is 21.4. The van der Waals surface area contributed by atoms with E-state index in [2.05, 4.69) is 30.6 Å². The molecule has 3 atom stereocenters. The Morgan fingerprint density at radius 3 is 1.39 bits per heavy atom. The fourth-order valence-corrected chi connectivity index (χ4v) is 8.17. The Hall–Kier alpha value is -6.55. The molecule has 0 aliphatic rings. The van der Waals surface area contributed by atoms with Crippen molar-refractivity contribution < 1.29 is 33.7 Å². The fourth-order valence-electron chi connectivity index (χ4n) is 8.17. The second kappa shape index (κ2) is 20.3. The molecule has 0 fully saturated rings. The molecule has 6 aromatic rings. The van der Waals surface area contributed by atoms with Crippen LogP contribution in [-0.4, -0.2) is 84.0 Å². The number of rotatable bonds is 21. The Bertz CT molecular complexity index is 2180. The zero-order valence-electron chi connectivity index (χ0n) is 38.3. The van der Waals surface area contributed by atoms with E-state index in [4.69, 9.17) is 19.3 Å². The number of aromatic amines is 1. The Labute approximate surface area is 374 Å². The zero-order chi connectivity index (χ0) is 46.1. The second-order valence-electron chi connectivity index (χ2n) is 18.3. The molecule has 3 aromatic carbocycles. The standard InChI is InChI=1S/C48H60N10O6/c1-46(2,43(59)62-7)25-39(34-19-13-10-14-20-34)40-28-49-58(52-40)33-55(29-37-31-56(53-50-37)41(35-21-15-11-16-22-35)26-47(3,4)44(60)63-8)30-38-32-57(54-51-38)42(36-23-17-12-18-24-36)27-48(5,6)45(61)64-9/h10-24,28,31-32,39,41-42H,25-27,29-30,33H2,1-9H3/p+1. The number of H-pyrrole nitrogens is 1. The van der Waals surface area contributed by atoms with Crippen LogP contribution in [0.3, 0.4) is 0 Å². The molecule has 0 aliphatic carbocycles. The highest BCUT2D eigenvalue weighted by atomic mass is 16.5. The number of nitrogens with zero attached hydrogens (tertiary/aromatic N) is 9. The maximum atomic E-state index is 12.9. The summed E-state index contributed by atoms with van der Waals surface area (Å²) in [6, 6.07) is 29.2. The second-order valence-corrected chi connectivity index (χ2v) is 18.3. The van der Waals surface area contributed by atoms with E-state index in [1.807, 2.05) is 160 Å². The van der Waals surface area contributed by atoms with Gasteiger partial charge in [0.05, 0.1) is 79.4 Å². The van der Waals surface area contributed by atoms with E-state index < -0.39 is 16.2 Å². The van der Waals surface area contributed by atoms with E-state index in [0.29, 0.717) is 43.7 Å². The molecule has 3 aromatic heterocycles. The topological polar surface area (TPSA) is 176 Å². The average molecular weight is 874 g/mol. The van der Waals surface area contributed by atoms with Gasteiger partial charge in [-0.25, -0.2) is 9.36 Å². The number of methoxy groups -OCH3 is 3. The van der Waals surface area contributed by atoms with Crippen LogP contribution in [0.15, 0.2) is 110 Å². The van der Waals surface area contributed by atoms with Crippen molar-refractivity contribution in [2.24, 2.45) is 16.2 Å². The smallest absolute Gasteiger partial charge is 0.311 e. The molecule has 16 nitrogen and oxygen atoms in total. The van der Waals surface area contributed by atoms with Crippen LogP contribution < -0.4 is 5.10 Å². The van der Waals surface area contributed by atoms with Gasteiger partial charge in [-0.15, -0.1) is 10.2 Å². The minimum atomic E-state index is -0.805. The lowest BCUT2D eigenvalue weighted by Crippen LogP contribution is -2.32. The zero-order valence-corrected chi connectivity index (χ0v) is 38.3. The van der Waals surface area contributed by atoms with Gasteiger partial charge in [0, 0.05) is 18.2 Å². The summed E-state index contributed by atoms with van der Waals surface area (Å²) in [5.41, 5.74) is 2.72. The van der Waals surface area contributed by atoms with Crippen molar-refractivity contribution in [1.82, 2.24) is 44.8 Å². The van der Waals surface area contributed by atoms with Crippen molar-refractivity contribution in [2.75, 3.05) is 21.3 Å². The van der Waals surface area contributed by atoms with E-state index >= 15 is 0 Å². The SMILES string of the molecule is COC(=O)C(C)(C)CC(c1ccccc1)c1c[nH+]n(CN(Cc2cn(C(CC(C)(C)C(=O)OC)c3ccccc3)nn2)Cc2cn(C(CC(C)(C)C(=O)OC)c3ccccc3)nn2)n1. The third kappa shape index (κ3) is 11.5. The third-order valence-corrected chi connectivity index (χ3v) is 11.7. The summed E-state index contributed by atoms with van der Waals surface area (Å²) in [6.45, 7) is 12.2. The first-order valence-corrected chi connectivity index (χ1v) is 21.4. The van der Waals surface area contributed by atoms with Gasteiger partial charge < -0.3 is 14.2 Å². The number of aromatic nitrogens is 9. The van der Waals surface area contributed by atoms with Gasteiger partial charge in [-0.3, -0.25) is 19.3 Å². The summed E-state index contributed by atoms with van der Waals surface area (Å²) in [5, 5.41) is 26.9. The van der Waals surface area contributed by atoms with Crippen LogP contribution in [0.1, 0.15) is 113 Å². The Morgan fingerprint density at radius 2 is 0.984 bits per heavy atom. The highest BCUT2D eigenvalue weighted by Crippen LogP contribution is 2.37. The molecule has 338 valence electrons. The fraction of sp³-hybridized carbons (Fsp3) is 0.438. The molecule has 0 bridgehead atoms. The number of esters is 3. The highest BCUT2D eigenvalue weighted by molar-refractivity contribution is 5.76. The lowest BCUT2D eigenvalue weighted by molar-refractivity contribution is -0.502. The van der Waals surface area contributed by atoms with E-state index in [1.165, 1.54) is 21.3 Å². The molecule has 6 rings (SSSR count). The summed E-state index contributed by atoms with van der Waals surface area (Å²) < 4.78 is 19.1. The normalized spacial score (nSPS) is 13.6. The molecule has 0 saturated heterocycles. The van der Waals surface area contributed by atoms with Crippen LogP contribution in [0.2, 0.25) is 0 Å². The van der Waals surface area contributed by atoms with Gasteiger partial charge in [0.2, 0.25) is 5.69 Å². The maximum absolute atomic E-state index is 12.9. The summed E-state index contributed by atoms with van der Waals surface area (Å²) in [4.78, 5) is 42.5. The number of carbonyl (C=O) groups is 3. The molecule has 0 saturated carbocycles. The number of hydrogen-bond acceptors (Lipinski definition) is 12. The largest absolute Gasteiger partial charge is 0.469 e. The van der Waals surface area contributed by atoms with Crippen LogP contribution in [0.4, 0.5) is 0 Å². The first-order chi connectivity index (χ1) is 30.5. The molecular weight excluding hydrogens is 813 g/mol. The Kier molecular flexibility index (Phi) is 14.9. The number of carbonyl (C=O) groups excluding carboxylic acids is 3. The molecule has 0 radical (unpaired) electrons. The lowest BCUT2D eigenvalue weighted by atomic mass is 9.78. The molecular formula is C48H61N10O6+. The van der Waals surface area contributed by atoms with Gasteiger partial charge in [0.1, 0.15) is 0 Å². The summed E-state index contributed by atoms with van der Waals surface area (Å²) in [7, 11) is 4.21. The van der Waals surface area contributed by atoms with E-state index in [1.54, 1.807) is 4.80 Å². The molecule has 0 spiro atoms. The maximum Gasteiger partial charge on any atom is 0.311 e. The average Bonchev–Trinajstić information content (AvgIpc) is 4.09. The van der Waals surface area contributed by atoms with Crippen molar-refractivity contribution in [2.45, 2.75) is 98.6 Å². The Morgan fingerprint density at radius 1 is 0.594 bits per heavy atom. The minimum Gasteiger partial charge on any atom is -0.469 e. The van der Waals surface area contributed by atoms with Crippen LogP contribution in [0.25, 0.3) is 0 Å². The van der Waals surface area contributed by atoms with Gasteiger partial charge in [0.15, 0.2) is 12.9 Å². The third-order valence-electron chi connectivity index (χ3n) is 11.7. The van der Waals surface area contributed by atoms with Gasteiger partial charge in [-0.05, 0) is 82.3 Å². The summed E-state index contributed by atoms with van der Waals surface area (Å²) >= 11 is 0.